The number of fused-ring (bicyclic) bond motifs is 8. The van der Waals surface area contributed by atoms with E-state index in [0.717, 1.165) is 22.7 Å². The molecule has 2 nitrogen and oxygen atoms in total. The van der Waals surface area contributed by atoms with Gasteiger partial charge in [0.25, 0.3) is 0 Å². The lowest BCUT2D eigenvalue weighted by Gasteiger charge is -2.26. The highest BCUT2D eigenvalue weighted by atomic mass is 32.1. The maximum atomic E-state index is 2.39. The van der Waals surface area contributed by atoms with Gasteiger partial charge in [-0.05, 0) is 106 Å². The van der Waals surface area contributed by atoms with Crippen molar-refractivity contribution in [2.75, 3.05) is 4.90 Å². The quantitative estimate of drug-likeness (QED) is 0.166. The topological polar surface area (TPSA) is 8.17 Å². The van der Waals surface area contributed by atoms with Gasteiger partial charge in [0, 0.05) is 53.7 Å². The molecule has 0 amide bonds. The van der Waals surface area contributed by atoms with E-state index in [4.69, 9.17) is 0 Å². The fraction of sp³-hybridized carbons (Fsp3) is 0. The molecule has 11 rings (SSSR count). The largest absolute Gasteiger partial charge is 0.310 e. The Labute approximate surface area is 323 Å². The van der Waals surface area contributed by atoms with Gasteiger partial charge < -0.3 is 9.47 Å². The zero-order valence-electron chi connectivity index (χ0n) is 29.9. The minimum Gasteiger partial charge on any atom is -0.310 e. The summed E-state index contributed by atoms with van der Waals surface area (Å²) in [5.41, 5.74) is 11.7. The first-order valence-corrected chi connectivity index (χ1v) is 19.6. The maximum Gasteiger partial charge on any atom is 0.0542 e. The molecule has 2 heterocycles. The number of hydrogen-bond acceptors (Lipinski definition) is 2. The van der Waals surface area contributed by atoms with Crippen molar-refractivity contribution >= 4 is 81.1 Å². The third-order valence-electron chi connectivity index (χ3n) is 11.0. The number of rotatable bonds is 6. The summed E-state index contributed by atoms with van der Waals surface area (Å²) in [5, 5.41) is 7.71. The van der Waals surface area contributed by atoms with Crippen molar-refractivity contribution in [3.05, 3.63) is 206 Å². The molecule has 0 fully saturated rings. The first-order chi connectivity index (χ1) is 27.3. The van der Waals surface area contributed by atoms with E-state index in [1.54, 1.807) is 0 Å². The van der Waals surface area contributed by atoms with Gasteiger partial charge >= 0.3 is 0 Å². The molecule has 0 N–H and O–H groups in total. The monoisotopic (exact) mass is 718 g/mol. The second-order valence-corrected chi connectivity index (χ2v) is 15.2. The maximum absolute atomic E-state index is 2.39. The molecule has 0 saturated heterocycles. The number of anilines is 3. The summed E-state index contributed by atoms with van der Waals surface area (Å²) in [5.74, 6) is 0. The zero-order chi connectivity index (χ0) is 36.3. The van der Waals surface area contributed by atoms with E-state index in [2.05, 4.69) is 216 Å². The molecule has 0 bridgehead atoms. The van der Waals surface area contributed by atoms with Crippen molar-refractivity contribution in [1.29, 1.82) is 0 Å². The first kappa shape index (κ1) is 31.6. The summed E-state index contributed by atoms with van der Waals surface area (Å²) < 4.78 is 5.07. The Morgan fingerprint density at radius 2 is 0.964 bits per heavy atom. The second-order valence-electron chi connectivity index (χ2n) is 14.2. The van der Waals surface area contributed by atoms with Crippen LogP contribution in [-0.2, 0) is 0 Å². The number of hydrogen-bond donors (Lipinski definition) is 0. The lowest BCUT2D eigenvalue weighted by Crippen LogP contribution is -2.10. The van der Waals surface area contributed by atoms with Gasteiger partial charge in [-0.2, -0.15) is 0 Å². The van der Waals surface area contributed by atoms with Crippen LogP contribution in [0.2, 0.25) is 0 Å². The van der Waals surface area contributed by atoms with E-state index >= 15 is 0 Å². The molecule has 0 aliphatic rings. The third kappa shape index (κ3) is 5.32. The number of nitrogens with zero attached hydrogens (tertiary/aromatic N) is 2. The van der Waals surface area contributed by atoms with Crippen molar-refractivity contribution in [1.82, 2.24) is 4.57 Å². The van der Waals surface area contributed by atoms with Gasteiger partial charge in [0.1, 0.15) is 0 Å². The molecule has 0 radical (unpaired) electrons. The summed E-state index contributed by atoms with van der Waals surface area (Å²) in [6.07, 6.45) is 0. The lowest BCUT2D eigenvalue weighted by molar-refractivity contribution is 1.18. The summed E-state index contributed by atoms with van der Waals surface area (Å²) in [4.78, 5) is 2.39. The van der Waals surface area contributed by atoms with E-state index in [9.17, 15) is 0 Å². The van der Waals surface area contributed by atoms with Crippen LogP contribution in [0.25, 0.3) is 80.7 Å². The highest BCUT2D eigenvalue weighted by Crippen LogP contribution is 2.42. The number of para-hydroxylation sites is 2. The average Bonchev–Trinajstić information content (AvgIpc) is 3.81. The Morgan fingerprint density at radius 1 is 0.345 bits per heavy atom. The Balaban J connectivity index is 1.04. The van der Waals surface area contributed by atoms with E-state index < -0.39 is 0 Å². The molecule has 55 heavy (non-hydrogen) atoms. The number of aromatic nitrogens is 1. The zero-order valence-corrected chi connectivity index (χ0v) is 30.7. The minimum atomic E-state index is 1.10. The molecule has 0 spiro atoms. The van der Waals surface area contributed by atoms with Crippen molar-refractivity contribution in [3.63, 3.8) is 0 Å². The van der Waals surface area contributed by atoms with Gasteiger partial charge in [0.15, 0.2) is 0 Å². The lowest BCUT2D eigenvalue weighted by atomic mass is 9.99. The molecule has 258 valence electrons. The average molecular weight is 719 g/mol. The van der Waals surface area contributed by atoms with Gasteiger partial charge in [-0.25, -0.2) is 0 Å². The van der Waals surface area contributed by atoms with Crippen LogP contribution in [0.5, 0.6) is 0 Å². The highest BCUT2D eigenvalue weighted by molar-refractivity contribution is 7.26. The predicted octanol–water partition coefficient (Wildman–Crippen LogP) is 15.1. The molecule has 0 saturated carbocycles. The molecule has 2 aromatic heterocycles. The molecule has 3 heteroatoms. The minimum absolute atomic E-state index is 1.10. The van der Waals surface area contributed by atoms with Crippen molar-refractivity contribution < 1.29 is 0 Å². The standard InChI is InChI=1S/C52H34N2S/c1-3-12-35(13-4-1)37-14-11-17-42(33-37)53(43-28-31-50-48(34-43)45-18-7-9-20-49(45)54(50)40-15-5-2-6-16-40)41-26-22-36(23-27-41)38-24-29-44-39(32-38)25-30-47-46-19-8-10-21-51(46)55-52(44)47/h1-34H. The van der Waals surface area contributed by atoms with Crippen LogP contribution in [0.4, 0.5) is 17.1 Å². The van der Waals surface area contributed by atoms with Crippen LogP contribution in [0.15, 0.2) is 206 Å². The number of benzene rings is 9. The summed E-state index contributed by atoms with van der Waals surface area (Å²) in [7, 11) is 0. The molecular formula is C52H34N2S. The molecule has 9 aromatic carbocycles. The smallest absolute Gasteiger partial charge is 0.0542 e. The summed E-state index contributed by atoms with van der Waals surface area (Å²) in [6, 6.07) is 75.1. The van der Waals surface area contributed by atoms with Crippen molar-refractivity contribution in [2.45, 2.75) is 0 Å². The fourth-order valence-corrected chi connectivity index (χ4v) is 9.59. The van der Waals surface area contributed by atoms with Crippen LogP contribution in [-0.4, -0.2) is 4.57 Å². The van der Waals surface area contributed by atoms with E-state index in [1.807, 2.05) is 11.3 Å². The van der Waals surface area contributed by atoms with Crippen molar-refractivity contribution in [2.24, 2.45) is 0 Å². The Kier molecular flexibility index (Phi) is 7.39. The van der Waals surface area contributed by atoms with Gasteiger partial charge in [-0.15, -0.1) is 11.3 Å². The van der Waals surface area contributed by atoms with E-state index in [0.29, 0.717) is 0 Å². The van der Waals surface area contributed by atoms with Crippen LogP contribution in [0.3, 0.4) is 0 Å². The van der Waals surface area contributed by atoms with Crippen LogP contribution in [0.1, 0.15) is 0 Å². The van der Waals surface area contributed by atoms with E-state index in [1.165, 1.54) is 75.0 Å². The Bertz CT molecular complexity index is 3190. The van der Waals surface area contributed by atoms with Crippen molar-refractivity contribution in [3.8, 4) is 27.9 Å². The third-order valence-corrected chi connectivity index (χ3v) is 12.2. The van der Waals surface area contributed by atoms with E-state index in [-0.39, 0.29) is 0 Å². The van der Waals surface area contributed by atoms with Crippen LogP contribution >= 0.6 is 11.3 Å². The van der Waals surface area contributed by atoms with Crippen LogP contribution in [0, 0.1) is 0 Å². The van der Waals surface area contributed by atoms with Crippen LogP contribution < -0.4 is 4.90 Å². The van der Waals surface area contributed by atoms with Gasteiger partial charge in [-0.1, -0.05) is 133 Å². The molecule has 0 aliphatic heterocycles. The second kappa shape index (κ2) is 12.9. The van der Waals surface area contributed by atoms with Gasteiger partial charge in [0.2, 0.25) is 0 Å². The normalized spacial score (nSPS) is 11.6. The van der Waals surface area contributed by atoms with Gasteiger partial charge in [0.05, 0.1) is 11.0 Å². The highest BCUT2D eigenvalue weighted by Gasteiger charge is 2.18. The Morgan fingerprint density at radius 3 is 1.82 bits per heavy atom. The molecule has 0 atom stereocenters. The molecule has 0 unspecified atom stereocenters. The van der Waals surface area contributed by atoms with Gasteiger partial charge in [-0.3, -0.25) is 0 Å². The predicted molar refractivity (Wildman–Crippen MR) is 237 cm³/mol. The summed E-state index contributed by atoms with van der Waals surface area (Å²) >= 11 is 1.89. The molecule has 11 aromatic rings. The molecule has 0 aliphatic carbocycles. The Hall–Kier alpha value is -6.94. The fourth-order valence-electron chi connectivity index (χ4n) is 8.35. The SMILES string of the molecule is c1ccc(-c2cccc(N(c3ccc(-c4ccc5c(ccc6c7ccccc7sc56)c4)cc3)c3ccc4c(c3)c3ccccc3n4-c3ccccc3)c2)cc1. The summed E-state index contributed by atoms with van der Waals surface area (Å²) in [6.45, 7) is 0. The molecular weight excluding hydrogens is 685 g/mol. The first-order valence-electron chi connectivity index (χ1n) is 18.8. The number of thiophene rings is 1.